The smallest absolute Gasteiger partial charge is 0.332 e. The Bertz CT molecular complexity index is 410. The molecule has 0 aromatic carbocycles. The number of carboxylic acid groups (broad SMARTS) is 1. The predicted molar refractivity (Wildman–Crippen MR) is 56.2 cm³/mol. The van der Waals surface area contributed by atoms with Crippen molar-refractivity contribution in [2.24, 2.45) is 0 Å². The number of pyridine rings is 1. The largest absolute Gasteiger partial charge is 0.480 e. The maximum Gasteiger partial charge on any atom is 0.332 e. The predicted octanol–water partition coefficient (Wildman–Crippen LogP) is 0.471. The van der Waals surface area contributed by atoms with Crippen LogP contribution in [0.3, 0.4) is 0 Å². The van der Waals surface area contributed by atoms with Gasteiger partial charge in [0.05, 0.1) is 0 Å². The third kappa shape index (κ3) is 1.59. The van der Waals surface area contributed by atoms with Gasteiger partial charge in [-0.05, 0) is 31.5 Å². The highest BCUT2D eigenvalue weighted by molar-refractivity contribution is 6.16. The van der Waals surface area contributed by atoms with Crippen molar-refractivity contribution >= 4 is 11.8 Å². The van der Waals surface area contributed by atoms with Gasteiger partial charge in [-0.3, -0.25) is 15.1 Å². The van der Waals surface area contributed by atoms with Crippen LogP contribution in [0.5, 0.6) is 0 Å². The molecule has 2 heterocycles. The Labute approximate surface area is 92.5 Å². The summed E-state index contributed by atoms with van der Waals surface area (Å²) in [5.74, 6) is -1.49. The lowest BCUT2D eigenvalue weighted by Crippen LogP contribution is -2.54. The van der Waals surface area contributed by atoms with E-state index in [2.05, 4.69) is 10.3 Å². The molecule has 0 aliphatic carbocycles. The minimum Gasteiger partial charge on any atom is -0.480 e. The quantitative estimate of drug-likeness (QED) is 0.572. The number of aliphatic carboxylic acids is 1. The number of carbonyl (C=O) groups excluding carboxylic acids is 1. The molecule has 0 saturated carbocycles. The standard InChI is InChI=1S/C11H12N2O3/c14-9(8-2-6-12-7-3-8)11(10(15)16)4-1-5-13-11/h2-3,6-7,13H,1,4-5H2,(H,15,16)/t11-/m1/s1. The molecule has 1 aliphatic rings. The molecule has 1 aromatic heterocycles. The van der Waals surface area contributed by atoms with Crippen molar-refractivity contribution in [2.75, 3.05) is 6.54 Å². The number of hydrogen-bond acceptors (Lipinski definition) is 4. The SMILES string of the molecule is O=C(O)[C@]1(C(=O)c2ccncc2)CCCN1. The van der Waals surface area contributed by atoms with E-state index in [9.17, 15) is 14.7 Å². The molecule has 16 heavy (non-hydrogen) atoms. The minimum atomic E-state index is -1.44. The fourth-order valence-electron chi connectivity index (χ4n) is 1.97. The van der Waals surface area contributed by atoms with Gasteiger partial charge in [0.15, 0.2) is 11.3 Å². The van der Waals surface area contributed by atoms with Crippen LogP contribution in [0.2, 0.25) is 0 Å². The summed E-state index contributed by atoms with van der Waals surface area (Å²) in [4.78, 5) is 27.2. The molecule has 1 fully saturated rings. The lowest BCUT2D eigenvalue weighted by atomic mass is 9.88. The van der Waals surface area contributed by atoms with E-state index >= 15 is 0 Å². The monoisotopic (exact) mass is 220 g/mol. The summed E-state index contributed by atoms with van der Waals surface area (Å²) in [5.41, 5.74) is -1.06. The number of nitrogens with one attached hydrogen (secondary N) is 1. The number of nitrogens with zero attached hydrogens (tertiary/aromatic N) is 1. The van der Waals surface area contributed by atoms with Crippen molar-refractivity contribution in [3.63, 3.8) is 0 Å². The van der Waals surface area contributed by atoms with Gasteiger partial charge in [-0.2, -0.15) is 0 Å². The van der Waals surface area contributed by atoms with Crippen LogP contribution in [0, 0.1) is 0 Å². The molecule has 0 radical (unpaired) electrons. The van der Waals surface area contributed by atoms with Gasteiger partial charge in [0.2, 0.25) is 0 Å². The molecule has 84 valence electrons. The molecule has 0 bridgehead atoms. The Morgan fingerprint density at radius 3 is 2.56 bits per heavy atom. The highest BCUT2D eigenvalue weighted by Crippen LogP contribution is 2.24. The van der Waals surface area contributed by atoms with Crippen molar-refractivity contribution in [1.82, 2.24) is 10.3 Å². The third-order valence-electron chi connectivity index (χ3n) is 2.85. The van der Waals surface area contributed by atoms with Gasteiger partial charge < -0.3 is 5.11 Å². The Morgan fingerprint density at radius 1 is 1.38 bits per heavy atom. The topological polar surface area (TPSA) is 79.3 Å². The third-order valence-corrected chi connectivity index (χ3v) is 2.85. The molecule has 5 heteroatoms. The minimum absolute atomic E-state index is 0.337. The van der Waals surface area contributed by atoms with Crippen molar-refractivity contribution in [3.05, 3.63) is 30.1 Å². The molecule has 0 unspecified atom stereocenters. The van der Waals surface area contributed by atoms with E-state index in [4.69, 9.17) is 0 Å². The number of hydrogen-bond donors (Lipinski definition) is 2. The molecule has 1 saturated heterocycles. The van der Waals surface area contributed by atoms with E-state index < -0.39 is 11.5 Å². The van der Waals surface area contributed by atoms with Gasteiger partial charge in [0, 0.05) is 18.0 Å². The van der Waals surface area contributed by atoms with E-state index in [1.807, 2.05) is 0 Å². The first-order valence-electron chi connectivity index (χ1n) is 5.10. The van der Waals surface area contributed by atoms with Gasteiger partial charge in [-0.25, -0.2) is 4.79 Å². The van der Waals surface area contributed by atoms with Crippen LogP contribution in [0.15, 0.2) is 24.5 Å². The Balaban J connectivity index is 2.36. The maximum atomic E-state index is 12.1. The van der Waals surface area contributed by atoms with Crippen molar-refractivity contribution < 1.29 is 14.7 Å². The molecule has 1 aromatic rings. The van der Waals surface area contributed by atoms with Crippen LogP contribution in [0.25, 0.3) is 0 Å². The molecule has 2 N–H and O–H groups in total. The molecule has 1 atom stereocenters. The second kappa shape index (κ2) is 4.02. The Kier molecular flexibility index (Phi) is 2.70. The first kappa shape index (κ1) is 10.8. The fraction of sp³-hybridized carbons (Fsp3) is 0.364. The van der Waals surface area contributed by atoms with Crippen LogP contribution in [0.4, 0.5) is 0 Å². The van der Waals surface area contributed by atoms with E-state index in [1.165, 1.54) is 24.5 Å². The van der Waals surface area contributed by atoms with Crippen LogP contribution >= 0.6 is 0 Å². The van der Waals surface area contributed by atoms with Crippen molar-refractivity contribution in [1.29, 1.82) is 0 Å². The Hall–Kier alpha value is -1.75. The van der Waals surface area contributed by atoms with Gasteiger partial charge in [0.25, 0.3) is 0 Å². The maximum absolute atomic E-state index is 12.1. The van der Waals surface area contributed by atoms with E-state index in [1.54, 1.807) is 0 Å². The van der Waals surface area contributed by atoms with Crippen molar-refractivity contribution in [2.45, 2.75) is 18.4 Å². The van der Waals surface area contributed by atoms with Crippen LogP contribution in [0.1, 0.15) is 23.2 Å². The molecule has 2 rings (SSSR count). The van der Waals surface area contributed by atoms with E-state index in [0.29, 0.717) is 24.9 Å². The van der Waals surface area contributed by atoms with Crippen LogP contribution in [-0.2, 0) is 4.79 Å². The second-order valence-corrected chi connectivity index (χ2v) is 3.81. The first-order chi connectivity index (χ1) is 7.67. The highest BCUT2D eigenvalue weighted by Gasteiger charge is 2.48. The molecule has 0 amide bonds. The fourth-order valence-corrected chi connectivity index (χ4v) is 1.97. The molecule has 1 aliphatic heterocycles. The Morgan fingerprint density at radius 2 is 2.06 bits per heavy atom. The number of ketones is 1. The first-order valence-corrected chi connectivity index (χ1v) is 5.10. The summed E-state index contributed by atoms with van der Waals surface area (Å²) < 4.78 is 0. The normalized spacial score (nSPS) is 24.2. The summed E-state index contributed by atoms with van der Waals surface area (Å²) in [6.45, 7) is 0.559. The number of carbonyl (C=O) groups is 2. The number of aromatic nitrogens is 1. The summed E-state index contributed by atoms with van der Waals surface area (Å²) >= 11 is 0. The zero-order chi connectivity index (χ0) is 11.6. The van der Waals surface area contributed by atoms with E-state index in [0.717, 1.165) is 0 Å². The van der Waals surface area contributed by atoms with E-state index in [-0.39, 0.29) is 5.78 Å². The van der Waals surface area contributed by atoms with Gasteiger partial charge in [-0.1, -0.05) is 0 Å². The molecular weight excluding hydrogens is 208 g/mol. The summed E-state index contributed by atoms with van der Waals surface area (Å²) in [7, 11) is 0. The zero-order valence-corrected chi connectivity index (χ0v) is 8.64. The van der Waals surface area contributed by atoms with Crippen LogP contribution < -0.4 is 5.32 Å². The number of Topliss-reactive ketones (excluding diaryl/α,β-unsaturated/α-hetero) is 1. The highest BCUT2D eigenvalue weighted by atomic mass is 16.4. The second-order valence-electron chi connectivity index (χ2n) is 3.81. The van der Waals surface area contributed by atoms with Gasteiger partial charge >= 0.3 is 5.97 Å². The number of rotatable bonds is 3. The summed E-state index contributed by atoms with van der Waals surface area (Å²) in [5, 5.41) is 12.0. The van der Waals surface area contributed by atoms with Crippen molar-refractivity contribution in [3.8, 4) is 0 Å². The number of carboxylic acids is 1. The summed E-state index contributed by atoms with van der Waals surface area (Å²) in [6.07, 6.45) is 4.00. The zero-order valence-electron chi connectivity index (χ0n) is 8.64. The average Bonchev–Trinajstić information content (AvgIpc) is 2.79. The lowest BCUT2D eigenvalue weighted by molar-refractivity contribution is -0.142. The van der Waals surface area contributed by atoms with Gasteiger partial charge in [-0.15, -0.1) is 0 Å². The molecule has 0 spiro atoms. The molecular formula is C11H12N2O3. The average molecular weight is 220 g/mol. The lowest BCUT2D eigenvalue weighted by Gasteiger charge is -2.22. The van der Waals surface area contributed by atoms with Gasteiger partial charge in [0.1, 0.15) is 0 Å². The van der Waals surface area contributed by atoms with Crippen LogP contribution in [-0.4, -0.2) is 33.9 Å². The molecule has 5 nitrogen and oxygen atoms in total. The summed E-state index contributed by atoms with van der Waals surface area (Å²) in [6, 6.07) is 3.07.